The van der Waals surface area contributed by atoms with E-state index in [2.05, 4.69) is 10.4 Å². The third kappa shape index (κ3) is 1.48. The zero-order valence-electron chi connectivity index (χ0n) is 8.36. The second kappa shape index (κ2) is 3.61. The van der Waals surface area contributed by atoms with Crippen LogP contribution in [0.1, 0.15) is 10.4 Å². The van der Waals surface area contributed by atoms with Crippen LogP contribution in [0.2, 0.25) is 0 Å². The van der Waals surface area contributed by atoms with Crippen LogP contribution in [0.15, 0.2) is 29.1 Å². The number of carbonyl (C=O) groups is 1. The maximum absolute atomic E-state index is 11.6. The Bertz CT molecular complexity index is 599. The molecule has 0 atom stereocenters. The van der Waals surface area contributed by atoms with Crippen LogP contribution < -0.4 is 5.69 Å². The first-order valence-electron chi connectivity index (χ1n) is 4.43. The molecule has 0 unspecified atom stereocenters. The van der Waals surface area contributed by atoms with Crippen molar-refractivity contribution in [2.75, 3.05) is 0 Å². The molecule has 1 N–H and O–H groups in total. The molecule has 7 heteroatoms. The SMILES string of the molecule is Cn1nnn(-c2ccccc2C(=O)O)c1=O. The molecule has 0 bridgehead atoms. The Labute approximate surface area is 89.5 Å². The smallest absolute Gasteiger partial charge is 0.368 e. The van der Waals surface area contributed by atoms with Crippen molar-refractivity contribution in [3.63, 3.8) is 0 Å². The Morgan fingerprint density at radius 1 is 1.31 bits per heavy atom. The van der Waals surface area contributed by atoms with Gasteiger partial charge in [0.05, 0.1) is 11.3 Å². The van der Waals surface area contributed by atoms with E-state index in [1.807, 2.05) is 0 Å². The van der Waals surface area contributed by atoms with Gasteiger partial charge in [-0.3, -0.25) is 0 Å². The molecule has 1 aromatic heterocycles. The molecule has 1 heterocycles. The summed E-state index contributed by atoms with van der Waals surface area (Å²) in [5, 5.41) is 16.1. The Morgan fingerprint density at radius 2 is 2.00 bits per heavy atom. The van der Waals surface area contributed by atoms with Gasteiger partial charge in [0.1, 0.15) is 0 Å². The number of aromatic carboxylic acids is 1. The summed E-state index contributed by atoms with van der Waals surface area (Å²) in [7, 11) is 1.44. The van der Waals surface area contributed by atoms with Crippen molar-refractivity contribution in [1.82, 2.24) is 19.8 Å². The highest BCUT2D eigenvalue weighted by Gasteiger charge is 2.14. The van der Waals surface area contributed by atoms with E-state index in [0.717, 1.165) is 9.36 Å². The molecule has 0 radical (unpaired) electrons. The number of nitrogens with zero attached hydrogens (tertiary/aromatic N) is 4. The lowest BCUT2D eigenvalue weighted by Crippen LogP contribution is -2.23. The van der Waals surface area contributed by atoms with Gasteiger partial charge in [-0.05, 0) is 22.6 Å². The van der Waals surface area contributed by atoms with Crippen LogP contribution in [0.4, 0.5) is 0 Å². The molecule has 0 amide bonds. The van der Waals surface area contributed by atoms with Gasteiger partial charge in [-0.25, -0.2) is 9.59 Å². The number of hydrogen-bond acceptors (Lipinski definition) is 4. The van der Waals surface area contributed by atoms with Crippen molar-refractivity contribution in [3.8, 4) is 5.69 Å². The number of carboxylic acids is 1. The Kier molecular flexibility index (Phi) is 2.28. The van der Waals surface area contributed by atoms with Gasteiger partial charge in [-0.15, -0.1) is 0 Å². The summed E-state index contributed by atoms with van der Waals surface area (Å²) in [5.74, 6) is -1.12. The first kappa shape index (κ1) is 10.1. The third-order valence-corrected chi connectivity index (χ3v) is 2.08. The van der Waals surface area contributed by atoms with Crippen LogP contribution in [-0.4, -0.2) is 30.9 Å². The zero-order valence-corrected chi connectivity index (χ0v) is 8.36. The maximum Gasteiger partial charge on any atom is 0.368 e. The van der Waals surface area contributed by atoms with E-state index in [-0.39, 0.29) is 11.3 Å². The molecule has 0 aliphatic rings. The van der Waals surface area contributed by atoms with Gasteiger partial charge >= 0.3 is 11.7 Å². The van der Waals surface area contributed by atoms with Gasteiger partial charge < -0.3 is 5.11 Å². The first-order chi connectivity index (χ1) is 7.61. The predicted octanol–water partition coefficient (Wildman–Crippen LogP) is -0.336. The lowest BCUT2D eigenvalue weighted by molar-refractivity contribution is 0.0696. The predicted molar refractivity (Wildman–Crippen MR) is 53.6 cm³/mol. The van der Waals surface area contributed by atoms with Gasteiger partial charge in [0.15, 0.2) is 0 Å². The van der Waals surface area contributed by atoms with E-state index in [1.54, 1.807) is 12.1 Å². The molecule has 0 saturated heterocycles. The second-order valence-electron chi connectivity index (χ2n) is 3.12. The van der Waals surface area contributed by atoms with Crippen molar-refractivity contribution < 1.29 is 9.90 Å². The monoisotopic (exact) mass is 220 g/mol. The maximum atomic E-state index is 11.6. The largest absolute Gasteiger partial charge is 0.478 e. The Hall–Kier alpha value is -2.44. The standard InChI is InChI=1S/C9H8N4O3/c1-12-9(16)13(11-10-12)7-5-3-2-4-6(7)8(14)15/h2-5H,1H3,(H,14,15). The van der Waals surface area contributed by atoms with Crippen LogP contribution in [-0.2, 0) is 7.05 Å². The molecular weight excluding hydrogens is 212 g/mol. The Balaban J connectivity index is 2.69. The summed E-state index contributed by atoms with van der Waals surface area (Å²) in [6.45, 7) is 0. The van der Waals surface area contributed by atoms with Crippen LogP contribution in [0.3, 0.4) is 0 Å². The van der Waals surface area contributed by atoms with Gasteiger partial charge in [0.2, 0.25) is 0 Å². The van der Waals surface area contributed by atoms with Crippen LogP contribution in [0.25, 0.3) is 5.69 Å². The fourth-order valence-electron chi connectivity index (χ4n) is 1.30. The van der Waals surface area contributed by atoms with E-state index in [0.29, 0.717) is 0 Å². The lowest BCUT2D eigenvalue weighted by atomic mass is 10.2. The van der Waals surface area contributed by atoms with Crippen LogP contribution in [0, 0.1) is 0 Å². The minimum Gasteiger partial charge on any atom is -0.478 e. The molecule has 0 spiro atoms. The number of tetrazole rings is 1. The van der Waals surface area contributed by atoms with Crippen molar-refractivity contribution >= 4 is 5.97 Å². The molecule has 7 nitrogen and oxygen atoms in total. The summed E-state index contributed by atoms with van der Waals surface area (Å²) in [6.07, 6.45) is 0. The van der Waals surface area contributed by atoms with Crippen molar-refractivity contribution in [2.24, 2.45) is 7.05 Å². The highest BCUT2D eigenvalue weighted by atomic mass is 16.4. The summed E-state index contributed by atoms with van der Waals surface area (Å²) >= 11 is 0. The van der Waals surface area contributed by atoms with E-state index >= 15 is 0 Å². The van der Waals surface area contributed by atoms with Gasteiger partial charge in [-0.2, -0.15) is 9.36 Å². The van der Waals surface area contributed by atoms with Crippen LogP contribution in [0.5, 0.6) is 0 Å². The molecule has 2 aromatic rings. The summed E-state index contributed by atoms with van der Waals surface area (Å²) < 4.78 is 1.97. The minimum absolute atomic E-state index is 0.00472. The van der Waals surface area contributed by atoms with E-state index in [1.165, 1.54) is 19.2 Å². The molecular formula is C9H8N4O3. The van der Waals surface area contributed by atoms with Crippen molar-refractivity contribution in [3.05, 3.63) is 40.3 Å². The van der Waals surface area contributed by atoms with E-state index < -0.39 is 11.7 Å². The van der Waals surface area contributed by atoms with Gasteiger partial charge in [0.25, 0.3) is 0 Å². The normalized spacial score (nSPS) is 10.3. The highest BCUT2D eigenvalue weighted by molar-refractivity contribution is 5.91. The van der Waals surface area contributed by atoms with Crippen molar-refractivity contribution in [2.45, 2.75) is 0 Å². The average Bonchev–Trinajstić information content (AvgIpc) is 2.60. The number of hydrogen-bond donors (Lipinski definition) is 1. The average molecular weight is 220 g/mol. The Morgan fingerprint density at radius 3 is 2.56 bits per heavy atom. The van der Waals surface area contributed by atoms with E-state index in [9.17, 15) is 9.59 Å². The topological polar surface area (TPSA) is 90.0 Å². The van der Waals surface area contributed by atoms with Crippen LogP contribution >= 0.6 is 0 Å². The molecule has 0 aliphatic carbocycles. The second-order valence-corrected chi connectivity index (χ2v) is 3.12. The molecule has 0 aliphatic heterocycles. The molecule has 0 saturated carbocycles. The molecule has 16 heavy (non-hydrogen) atoms. The number of benzene rings is 1. The minimum atomic E-state index is -1.12. The number of para-hydroxylation sites is 1. The summed E-state index contributed by atoms with van der Waals surface area (Å²) in [5.41, 5.74) is -0.285. The summed E-state index contributed by atoms with van der Waals surface area (Å²) in [4.78, 5) is 22.5. The highest BCUT2D eigenvalue weighted by Crippen LogP contribution is 2.10. The number of rotatable bonds is 2. The van der Waals surface area contributed by atoms with Gasteiger partial charge in [-0.1, -0.05) is 12.1 Å². The molecule has 0 fully saturated rings. The summed E-state index contributed by atoms with van der Waals surface area (Å²) in [6, 6.07) is 6.11. The van der Waals surface area contributed by atoms with Crippen molar-refractivity contribution in [1.29, 1.82) is 0 Å². The number of carboxylic acid groups (broad SMARTS) is 1. The number of aromatic nitrogens is 4. The third-order valence-electron chi connectivity index (χ3n) is 2.08. The fraction of sp³-hybridized carbons (Fsp3) is 0.111. The zero-order chi connectivity index (χ0) is 11.7. The van der Waals surface area contributed by atoms with E-state index in [4.69, 9.17) is 5.11 Å². The quantitative estimate of drug-likeness (QED) is 0.748. The molecule has 82 valence electrons. The fourth-order valence-corrected chi connectivity index (χ4v) is 1.30. The molecule has 1 aromatic carbocycles. The first-order valence-corrected chi connectivity index (χ1v) is 4.43. The van der Waals surface area contributed by atoms with Gasteiger partial charge in [0, 0.05) is 7.05 Å². The number of aryl methyl sites for hydroxylation is 1. The molecule has 2 rings (SSSR count). The lowest BCUT2D eigenvalue weighted by Gasteiger charge is -2.02.